The Bertz CT molecular complexity index is 1440. The van der Waals surface area contributed by atoms with Crippen molar-refractivity contribution in [1.29, 1.82) is 0 Å². The number of rotatable bonds is 6. The van der Waals surface area contributed by atoms with Crippen molar-refractivity contribution in [2.45, 2.75) is 62.7 Å². The Hall–Kier alpha value is -2.50. The second-order valence-corrected chi connectivity index (χ2v) is 12.5. The third-order valence-corrected chi connectivity index (χ3v) is 9.33. The number of aromatic amines is 1. The molecular formula is C27H32Cl2N6O3S. The van der Waals surface area contributed by atoms with Crippen LogP contribution in [0.1, 0.15) is 63.0 Å². The standard InChI is InChI=1S/C27H31ClN6O3S.ClH/c1-34-9-7-19-21(13-34)38-26(32-19)25(37)33-22-12-14(24(36)30-17-3-4-17)6-8-27(22,29)23(35)20-11-15-10-16(28)2-5-18(15)31-20;/h2,5,10-11,14,17,22,31H,3-4,6-9,12-13,29H2,1H3,(H,30,36)(H,33,37);1H. The summed E-state index contributed by atoms with van der Waals surface area (Å²) in [5.41, 5.74) is 7.59. The highest BCUT2D eigenvalue weighted by atomic mass is 35.5. The number of aromatic nitrogens is 2. The van der Waals surface area contributed by atoms with Crippen LogP contribution in [0.4, 0.5) is 0 Å². The van der Waals surface area contributed by atoms with E-state index in [-0.39, 0.29) is 54.8 Å². The molecule has 208 valence electrons. The van der Waals surface area contributed by atoms with Gasteiger partial charge in [0, 0.05) is 52.3 Å². The SMILES string of the molecule is CN1CCc2nc(C(=O)NC3CC(C(=O)NC4CC4)CCC3(N)C(=O)c3cc4cc(Cl)ccc4[nH]3)sc2C1.Cl. The molecule has 2 amide bonds. The zero-order valence-corrected chi connectivity index (χ0v) is 24.0. The van der Waals surface area contributed by atoms with E-state index in [2.05, 4.69) is 25.5 Å². The maximum atomic E-state index is 13.9. The number of nitrogens with zero attached hydrogens (tertiary/aromatic N) is 2. The Morgan fingerprint density at radius 2 is 2.00 bits per heavy atom. The Balaban J connectivity index is 0.00000308. The normalized spacial score (nSPS) is 25.0. The molecule has 0 spiro atoms. The minimum absolute atomic E-state index is 0. The van der Waals surface area contributed by atoms with E-state index in [0.717, 1.165) is 53.8 Å². The van der Waals surface area contributed by atoms with Gasteiger partial charge in [-0.3, -0.25) is 14.4 Å². The van der Waals surface area contributed by atoms with Gasteiger partial charge in [-0.15, -0.1) is 23.7 Å². The molecule has 1 aliphatic heterocycles. The number of benzene rings is 1. The minimum atomic E-state index is -1.38. The molecule has 1 aromatic carbocycles. The van der Waals surface area contributed by atoms with Gasteiger partial charge in [0.1, 0.15) is 5.54 Å². The molecule has 2 fully saturated rings. The van der Waals surface area contributed by atoms with Crippen molar-refractivity contribution in [1.82, 2.24) is 25.5 Å². The fourth-order valence-electron chi connectivity index (χ4n) is 5.56. The van der Waals surface area contributed by atoms with Crippen LogP contribution >= 0.6 is 35.3 Å². The van der Waals surface area contributed by atoms with Crippen LogP contribution in [0.3, 0.4) is 0 Å². The van der Waals surface area contributed by atoms with Gasteiger partial charge in [0.05, 0.1) is 17.4 Å². The molecule has 2 saturated carbocycles. The van der Waals surface area contributed by atoms with Crippen molar-refractivity contribution >= 4 is 63.8 Å². The van der Waals surface area contributed by atoms with Crippen LogP contribution in [0, 0.1) is 5.92 Å². The van der Waals surface area contributed by atoms with Crippen molar-refractivity contribution in [3.63, 3.8) is 0 Å². The monoisotopic (exact) mass is 590 g/mol. The van der Waals surface area contributed by atoms with Crippen molar-refractivity contribution in [3.8, 4) is 0 Å². The Morgan fingerprint density at radius 3 is 2.77 bits per heavy atom. The van der Waals surface area contributed by atoms with Crippen molar-refractivity contribution in [2.24, 2.45) is 11.7 Å². The van der Waals surface area contributed by atoms with E-state index in [4.69, 9.17) is 17.3 Å². The first-order chi connectivity index (χ1) is 18.2. The Morgan fingerprint density at radius 1 is 1.21 bits per heavy atom. The summed E-state index contributed by atoms with van der Waals surface area (Å²) in [7, 11) is 2.05. The number of thiazole rings is 1. The van der Waals surface area contributed by atoms with Crippen LogP contribution < -0.4 is 16.4 Å². The summed E-state index contributed by atoms with van der Waals surface area (Å²) in [6.45, 7) is 1.66. The molecule has 2 aromatic heterocycles. The second-order valence-electron chi connectivity index (χ2n) is 10.9. The van der Waals surface area contributed by atoms with Crippen molar-refractivity contribution < 1.29 is 14.4 Å². The van der Waals surface area contributed by atoms with Gasteiger partial charge in [0.2, 0.25) is 11.7 Å². The lowest BCUT2D eigenvalue weighted by Crippen LogP contribution is -2.66. The van der Waals surface area contributed by atoms with Crippen molar-refractivity contribution in [3.05, 3.63) is 50.6 Å². The summed E-state index contributed by atoms with van der Waals surface area (Å²) in [6.07, 6.45) is 3.81. The highest BCUT2D eigenvalue weighted by Gasteiger charge is 2.49. The van der Waals surface area contributed by atoms with Gasteiger partial charge in [0.25, 0.3) is 5.91 Å². The number of halogens is 2. The first-order valence-corrected chi connectivity index (χ1v) is 14.3. The van der Waals surface area contributed by atoms with Crippen molar-refractivity contribution in [2.75, 3.05) is 13.6 Å². The first kappa shape index (κ1) is 28.0. The first-order valence-electron chi connectivity index (χ1n) is 13.1. The zero-order valence-electron chi connectivity index (χ0n) is 21.6. The van der Waals surface area contributed by atoms with Gasteiger partial charge in [-0.25, -0.2) is 4.98 Å². The van der Waals surface area contributed by atoms with E-state index in [1.807, 2.05) is 13.1 Å². The summed E-state index contributed by atoms with van der Waals surface area (Å²) in [5, 5.41) is 7.84. The summed E-state index contributed by atoms with van der Waals surface area (Å²) in [4.78, 5) is 51.3. The van der Waals surface area contributed by atoms with E-state index in [9.17, 15) is 14.4 Å². The molecule has 3 aliphatic rings. The van der Waals surface area contributed by atoms with Crippen LogP contribution in [0.2, 0.25) is 5.02 Å². The molecular weight excluding hydrogens is 559 g/mol. The van der Waals surface area contributed by atoms with E-state index >= 15 is 0 Å². The Labute approximate surface area is 241 Å². The van der Waals surface area contributed by atoms with Crippen LogP contribution in [0.25, 0.3) is 10.9 Å². The summed E-state index contributed by atoms with van der Waals surface area (Å²) < 4.78 is 0. The fourth-order valence-corrected chi connectivity index (χ4v) is 6.83. The largest absolute Gasteiger partial charge is 0.353 e. The van der Waals surface area contributed by atoms with Crippen LogP contribution in [-0.2, 0) is 17.8 Å². The molecule has 3 atom stereocenters. The molecule has 3 unspecified atom stereocenters. The number of Topliss-reactive ketones (excluding diaryl/α,β-unsaturated/α-hetero) is 1. The fraction of sp³-hybridized carbons (Fsp3) is 0.481. The van der Waals surface area contributed by atoms with Crippen LogP contribution in [0.15, 0.2) is 24.3 Å². The predicted molar refractivity (Wildman–Crippen MR) is 154 cm³/mol. The number of H-pyrrole nitrogens is 1. The molecule has 0 saturated heterocycles. The van der Waals surface area contributed by atoms with Gasteiger partial charge in [-0.05, 0) is 63.4 Å². The molecule has 0 radical (unpaired) electrons. The molecule has 2 aliphatic carbocycles. The number of amides is 2. The average molecular weight is 592 g/mol. The topological polar surface area (TPSA) is 133 Å². The maximum absolute atomic E-state index is 13.9. The minimum Gasteiger partial charge on any atom is -0.353 e. The lowest BCUT2D eigenvalue weighted by molar-refractivity contribution is -0.126. The average Bonchev–Trinajstić information content (AvgIpc) is 3.44. The van der Waals surface area contributed by atoms with Gasteiger partial charge < -0.3 is 26.3 Å². The molecule has 3 heterocycles. The molecule has 6 rings (SSSR count). The number of fused-ring (bicyclic) bond motifs is 2. The molecule has 9 nitrogen and oxygen atoms in total. The molecule has 12 heteroatoms. The number of hydrogen-bond donors (Lipinski definition) is 4. The third-order valence-electron chi connectivity index (χ3n) is 8.01. The smallest absolute Gasteiger partial charge is 0.280 e. The summed E-state index contributed by atoms with van der Waals surface area (Å²) >= 11 is 7.52. The van der Waals surface area contributed by atoms with Gasteiger partial charge in [-0.2, -0.15) is 0 Å². The van der Waals surface area contributed by atoms with Gasteiger partial charge in [-0.1, -0.05) is 11.6 Å². The molecule has 5 N–H and O–H groups in total. The molecule has 39 heavy (non-hydrogen) atoms. The Kier molecular flexibility index (Phi) is 7.78. The van der Waals surface area contributed by atoms with Crippen LogP contribution in [-0.4, -0.2) is 63.7 Å². The van der Waals surface area contributed by atoms with E-state index in [1.165, 1.54) is 11.3 Å². The summed E-state index contributed by atoms with van der Waals surface area (Å²) in [6, 6.07) is 6.61. The van der Waals surface area contributed by atoms with Gasteiger partial charge in [0.15, 0.2) is 5.01 Å². The number of nitrogens with two attached hydrogens (primary N) is 1. The second kappa shape index (κ2) is 10.8. The van der Waals surface area contributed by atoms with Gasteiger partial charge >= 0.3 is 0 Å². The lowest BCUT2D eigenvalue weighted by Gasteiger charge is -2.42. The van der Waals surface area contributed by atoms with Crippen LogP contribution in [0.5, 0.6) is 0 Å². The molecule has 3 aromatic rings. The number of carbonyl (C=O) groups excluding carboxylic acids is 3. The lowest BCUT2D eigenvalue weighted by atomic mass is 9.70. The highest BCUT2D eigenvalue weighted by Crippen LogP contribution is 2.35. The summed E-state index contributed by atoms with van der Waals surface area (Å²) in [5.74, 6) is -1.01. The number of nitrogens with one attached hydrogen (secondary N) is 3. The van der Waals surface area contributed by atoms with E-state index in [1.54, 1.807) is 18.2 Å². The third kappa shape index (κ3) is 5.58. The zero-order chi connectivity index (χ0) is 26.6. The number of likely N-dealkylation sites (N-methyl/N-ethyl adjacent to an activating group) is 1. The predicted octanol–water partition coefficient (Wildman–Crippen LogP) is 3.45. The molecule has 0 bridgehead atoms. The maximum Gasteiger partial charge on any atom is 0.280 e. The quantitative estimate of drug-likeness (QED) is 0.325. The highest BCUT2D eigenvalue weighted by molar-refractivity contribution is 7.13. The number of carbonyl (C=O) groups is 3. The van der Waals surface area contributed by atoms with E-state index < -0.39 is 11.6 Å². The van der Waals surface area contributed by atoms with E-state index in [0.29, 0.717) is 22.1 Å². The number of ketones is 1. The number of hydrogen-bond acceptors (Lipinski definition) is 7.